The number of benzene rings is 1. The van der Waals surface area contributed by atoms with E-state index in [1.165, 1.54) is 11.1 Å². The third-order valence-corrected chi connectivity index (χ3v) is 4.68. The van der Waals surface area contributed by atoms with E-state index in [0.717, 1.165) is 34.4 Å². The van der Waals surface area contributed by atoms with Gasteiger partial charge in [0.1, 0.15) is 11.5 Å². The van der Waals surface area contributed by atoms with Crippen molar-refractivity contribution in [2.75, 3.05) is 14.2 Å². The highest BCUT2D eigenvalue weighted by Gasteiger charge is 2.30. The largest absolute Gasteiger partial charge is 0.496 e. The minimum atomic E-state index is 0.259. The maximum absolute atomic E-state index is 5.62. The summed E-state index contributed by atoms with van der Waals surface area (Å²) in [5.41, 5.74) is 3.76. The van der Waals surface area contributed by atoms with E-state index in [2.05, 4.69) is 42.4 Å². The summed E-state index contributed by atoms with van der Waals surface area (Å²) in [7, 11) is 3.42. The fraction of sp³-hybridized carbons (Fsp3) is 0.444. The fourth-order valence-electron chi connectivity index (χ4n) is 3.14. The van der Waals surface area contributed by atoms with Gasteiger partial charge in [-0.15, -0.1) is 0 Å². The minimum absolute atomic E-state index is 0.259. The normalized spacial score (nSPS) is 21.7. The van der Waals surface area contributed by atoms with Gasteiger partial charge in [0, 0.05) is 16.0 Å². The quantitative estimate of drug-likeness (QED) is 0.669. The summed E-state index contributed by atoms with van der Waals surface area (Å²) in [6.45, 7) is 8.50. The van der Waals surface area contributed by atoms with Crippen LogP contribution in [0.2, 0.25) is 0 Å². The van der Waals surface area contributed by atoms with Gasteiger partial charge in [-0.3, -0.25) is 0 Å². The lowest BCUT2D eigenvalue weighted by molar-refractivity contribution is 0.368. The van der Waals surface area contributed by atoms with Crippen molar-refractivity contribution in [1.29, 1.82) is 0 Å². The Morgan fingerprint density at radius 2 is 1.81 bits per heavy atom. The summed E-state index contributed by atoms with van der Waals surface area (Å²) in [5, 5.41) is 0. The zero-order chi connectivity index (χ0) is 15.6. The maximum atomic E-state index is 5.62. The minimum Gasteiger partial charge on any atom is -0.496 e. The van der Waals surface area contributed by atoms with E-state index in [1.807, 2.05) is 12.1 Å². The van der Waals surface area contributed by atoms with E-state index in [-0.39, 0.29) is 5.92 Å². The first-order valence-electron chi connectivity index (χ1n) is 7.22. The molecule has 0 amide bonds. The first-order chi connectivity index (χ1) is 9.97. The summed E-state index contributed by atoms with van der Waals surface area (Å²) in [6.07, 6.45) is 4.61. The zero-order valence-corrected chi connectivity index (χ0v) is 14.8. The van der Waals surface area contributed by atoms with Crippen molar-refractivity contribution in [3.05, 3.63) is 46.0 Å². The van der Waals surface area contributed by atoms with Crippen LogP contribution in [0.1, 0.15) is 38.2 Å². The van der Waals surface area contributed by atoms with Crippen LogP contribution in [0, 0.1) is 5.92 Å². The lowest BCUT2D eigenvalue weighted by Crippen LogP contribution is -2.18. The second-order valence-corrected chi connectivity index (χ2v) is 6.67. The van der Waals surface area contributed by atoms with E-state index < -0.39 is 0 Å². The Balaban J connectivity index is 2.61. The maximum Gasteiger partial charge on any atom is 0.127 e. The number of methoxy groups -OCH3 is 2. The average molecular weight is 351 g/mol. The van der Waals surface area contributed by atoms with Crippen LogP contribution < -0.4 is 9.47 Å². The van der Waals surface area contributed by atoms with Crippen LogP contribution in [0.5, 0.6) is 11.5 Å². The molecule has 0 fully saturated rings. The van der Waals surface area contributed by atoms with Gasteiger partial charge in [-0.1, -0.05) is 39.7 Å². The van der Waals surface area contributed by atoms with Crippen LogP contribution in [0.15, 0.2) is 40.4 Å². The molecule has 1 aromatic rings. The Labute approximate surface area is 136 Å². The molecule has 2 rings (SSSR count). The first-order valence-corrected chi connectivity index (χ1v) is 8.01. The topological polar surface area (TPSA) is 18.5 Å². The van der Waals surface area contributed by atoms with E-state index in [1.54, 1.807) is 14.2 Å². The second-order valence-electron chi connectivity index (χ2n) is 5.75. The van der Waals surface area contributed by atoms with Gasteiger partial charge < -0.3 is 9.47 Å². The molecule has 0 N–H and O–H groups in total. The average Bonchev–Trinajstić information content (AvgIpc) is 2.45. The highest BCUT2D eigenvalue weighted by Crippen LogP contribution is 2.47. The monoisotopic (exact) mass is 350 g/mol. The fourth-order valence-corrected chi connectivity index (χ4v) is 3.56. The molecule has 3 heteroatoms. The van der Waals surface area contributed by atoms with Gasteiger partial charge in [0.15, 0.2) is 0 Å². The summed E-state index contributed by atoms with van der Waals surface area (Å²) in [5.74, 6) is 2.42. The molecular formula is C18H23BrO2. The Bertz CT molecular complexity index is 550. The van der Waals surface area contributed by atoms with Gasteiger partial charge in [0.2, 0.25) is 0 Å². The second kappa shape index (κ2) is 6.69. The van der Waals surface area contributed by atoms with Gasteiger partial charge in [0.25, 0.3) is 0 Å². The standard InChI is InChI=1S/C18H23BrO2/c1-11(2)14-7-6-12(3)8-15(14)18-16(20-4)9-13(19)10-17(18)21-5/h8-10,14-15H,1,6-7H2,2-5H3/t14-,15+/m0/s1. The summed E-state index contributed by atoms with van der Waals surface area (Å²) in [4.78, 5) is 0. The first kappa shape index (κ1) is 16.2. The van der Waals surface area contributed by atoms with Crippen LogP contribution in [0.3, 0.4) is 0 Å². The number of hydrogen-bond acceptors (Lipinski definition) is 2. The van der Waals surface area contributed by atoms with Crippen LogP contribution in [-0.4, -0.2) is 14.2 Å². The zero-order valence-electron chi connectivity index (χ0n) is 13.2. The molecule has 0 aliphatic heterocycles. The van der Waals surface area contributed by atoms with Crippen molar-refractivity contribution in [2.45, 2.75) is 32.6 Å². The van der Waals surface area contributed by atoms with Gasteiger partial charge >= 0.3 is 0 Å². The lowest BCUT2D eigenvalue weighted by Gasteiger charge is -2.32. The SMILES string of the molecule is C=C(C)[C@@H]1CCC(C)=C[C@H]1c1c(OC)cc(Br)cc1OC. The van der Waals surface area contributed by atoms with Crippen LogP contribution >= 0.6 is 15.9 Å². The van der Waals surface area contributed by atoms with Crippen molar-refractivity contribution < 1.29 is 9.47 Å². The van der Waals surface area contributed by atoms with E-state index >= 15 is 0 Å². The molecule has 1 aliphatic rings. The van der Waals surface area contributed by atoms with Crippen molar-refractivity contribution in [1.82, 2.24) is 0 Å². The van der Waals surface area contributed by atoms with E-state index in [9.17, 15) is 0 Å². The molecule has 2 nitrogen and oxygen atoms in total. The molecule has 0 saturated heterocycles. The highest BCUT2D eigenvalue weighted by atomic mass is 79.9. The summed E-state index contributed by atoms with van der Waals surface area (Å²) < 4.78 is 12.2. The molecule has 2 atom stereocenters. The smallest absolute Gasteiger partial charge is 0.127 e. The molecule has 114 valence electrons. The van der Waals surface area contributed by atoms with Crippen molar-refractivity contribution >= 4 is 15.9 Å². The number of allylic oxidation sites excluding steroid dienone is 3. The van der Waals surface area contributed by atoms with Crippen LogP contribution in [0.4, 0.5) is 0 Å². The highest BCUT2D eigenvalue weighted by molar-refractivity contribution is 9.10. The Hall–Kier alpha value is -1.22. The van der Waals surface area contributed by atoms with E-state index in [0.29, 0.717) is 5.92 Å². The molecule has 1 aromatic carbocycles. The number of halogens is 1. The number of rotatable bonds is 4. The molecule has 0 radical (unpaired) electrons. The van der Waals surface area contributed by atoms with Gasteiger partial charge in [-0.2, -0.15) is 0 Å². The molecule has 0 heterocycles. The van der Waals surface area contributed by atoms with Crippen LogP contribution in [-0.2, 0) is 0 Å². The molecular weight excluding hydrogens is 328 g/mol. The Morgan fingerprint density at radius 1 is 1.24 bits per heavy atom. The van der Waals surface area contributed by atoms with Crippen molar-refractivity contribution in [2.24, 2.45) is 5.92 Å². The summed E-state index contributed by atoms with van der Waals surface area (Å²) >= 11 is 3.52. The molecule has 21 heavy (non-hydrogen) atoms. The lowest BCUT2D eigenvalue weighted by atomic mass is 9.74. The van der Waals surface area contributed by atoms with Gasteiger partial charge in [-0.25, -0.2) is 0 Å². The molecule has 0 saturated carbocycles. The van der Waals surface area contributed by atoms with Gasteiger partial charge in [-0.05, 0) is 44.7 Å². The molecule has 0 spiro atoms. The third-order valence-electron chi connectivity index (χ3n) is 4.22. The predicted octanol–water partition coefficient (Wildman–Crippen LogP) is 5.48. The van der Waals surface area contributed by atoms with Gasteiger partial charge in [0.05, 0.1) is 14.2 Å². The van der Waals surface area contributed by atoms with Crippen LogP contribution in [0.25, 0.3) is 0 Å². The van der Waals surface area contributed by atoms with E-state index in [4.69, 9.17) is 9.47 Å². The van der Waals surface area contributed by atoms with Crippen molar-refractivity contribution in [3.63, 3.8) is 0 Å². The molecule has 0 aromatic heterocycles. The molecule has 0 bridgehead atoms. The predicted molar refractivity (Wildman–Crippen MR) is 91.3 cm³/mol. The Morgan fingerprint density at radius 3 is 2.29 bits per heavy atom. The molecule has 1 aliphatic carbocycles. The summed E-state index contributed by atoms with van der Waals surface area (Å²) in [6, 6.07) is 4.01. The molecule has 0 unspecified atom stereocenters. The number of hydrogen-bond donors (Lipinski definition) is 0. The third kappa shape index (κ3) is 3.34. The Kier molecular flexibility index (Phi) is 5.15. The van der Waals surface area contributed by atoms with Crippen molar-refractivity contribution in [3.8, 4) is 11.5 Å². The number of ether oxygens (including phenoxy) is 2.